The van der Waals surface area contributed by atoms with Crippen LogP contribution in [0.5, 0.6) is 0 Å². The molecule has 0 saturated heterocycles. The normalized spacial score (nSPS) is 11.2. The minimum atomic E-state index is -0.0256. The smallest absolute Gasteiger partial charge is 0.257 e. The number of thioether (sulfide) groups is 1. The number of rotatable bonds is 6. The number of amides is 1. The Labute approximate surface area is 152 Å². The number of aryl methyl sites for hydroxylation is 1. The van der Waals surface area contributed by atoms with E-state index in [1.54, 1.807) is 11.8 Å². The maximum atomic E-state index is 12.0. The summed E-state index contributed by atoms with van der Waals surface area (Å²) in [5.74, 6) is 1.17. The fourth-order valence-electron chi connectivity index (χ4n) is 2.42. The first-order valence-electron chi connectivity index (χ1n) is 8.39. The molecule has 1 heterocycles. The first-order chi connectivity index (χ1) is 12.0. The number of hydrogen-bond donors (Lipinski definition) is 1. The second-order valence-corrected chi connectivity index (χ2v) is 7.42. The number of nitrogens with zero attached hydrogens (tertiary/aromatic N) is 1. The fourth-order valence-corrected chi connectivity index (χ4v) is 3.21. The third-order valence-corrected chi connectivity index (χ3v) is 4.75. The number of carbonyl (C=O) groups is 1. The van der Waals surface area contributed by atoms with Gasteiger partial charge in [-0.2, -0.15) is 0 Å². The molecule has 25 heavy (non-hydrogen) atoms. The van der Waals surface area contributed by atoms with Crippen LogP contribution in [0.15, 0.2) is 52.1 Å². The third-order valence-electron chi connectivity index (χ3n) is 3.85. The van der Waals surface area contributed by atoms with Gasteiger partial charge in [0.05, 0.1) is 0 Å². The lowest BCUT2D eigenvalue weighted by Gasteiger charge is -2.08. The molecule has 0 radical (unpaired) electrons. The van der Waals surface area contributed by atoms with E-state index in [9.17, 15) is 4.79 Å². The molecule has 0 spiro atoms. The van der Waals surface area contributed by atoms with Crippen molar-refractivity contribution in [2.75, 3.05) is 6.54 Å². The minimum Gasteiger partial charge on any atom is -0.431 e. The molecule has 1 N–H and O–H groups in total. The Kier molecular flexibility index (Phi) is 5.43. The minimum absolute atomic E-state index is 0.0256. The lowest BCUT2D eigenvalue weighted by molar-refractivity contribution is 0.0949. The zero-order valence-electron chi connectivity index (χ0n) is 14.7. The molecule has 5 heteroatoms. The lowest BCUT2D eigenvalue weighted by Crippen LogP contribution is -2.27. The van der Waals surface area contributed by atoms with Gasteiger partial charge in [0.15, 0.2) is 5.58 Å². The number of fused-ring (bicyclic) bond motifs is 1. The lowest BCUT2D eigenvalue weighted by atomic mass is 10.1. The summed E-state index contributed by atoms with van der Waals surface area (Å²) in [6.07, 6.45) is 0. The number of oxazole rings is 1. The number of hydrogen-bond acceptors (Lipinski definition) is 4. The SMILES string of the molecule is Cc1cccc2oc(SCc3ccc(C(=O)NCC(C)C)cc3)nc12. The van der Waals surface area contributed by atoms with Gasteiger partial charge in [0.1, 0.15) is 5.52 Å². The van der Waals surface area contributed by atoms with Gasteiger partial charge >= 0.3 is 0 Å². The van der Waals surface area contributed by atoms with Crippen LogP contribution in [-0.4, -0.2) is 17.4 Å². The van der Waals surface area contributed by atoms with Gasteiger partial charge in [-0.15, -0.1) is 0 Å². The van der Waals surface area contributed by atoms with Crippen molar-refractivity contribution in [3.63, 3.8) is 0 Å². The predicted octanol–water partition coefficient (Wildman–Crippen LogP) is 4.81. The molecule has 0 aliphatic rings. The number of aromatic nitrogens is 1. The first-order valence-corrected chi connectivity index (χ1v) is 9.37. The Morgan fingerprint density at radius 2 is 1.96 bits per heavy atom. The summed E-state index contributed by atoms with van der Waals surface area (Å²) >= 11 is 1.56. The molecule has 1 amide bonds. The molecule has 0 fully saturated rings. The monoisotopic (exact) mass is 354 g/mol. The van der Waals surface area contributed by atoms with Gasteiger partial charge in [-0.1, -0.05) is 49.9 Å². The molecular formula is C20H22N2O2S. The van der Waals surface area contributed by atoms with Crippen LogP contribution in [0, 0.1) is 12.8 Å². The van der Waals surface area contributed by atoms with E-state index in [1.165, 1.54) is 0 Å². The Morgan fingerprint density at radius 1 is 1.20 bits per heavy atom. The van der Waals surface area contributed by atoms with Gasteiger partial charge in [0, 0.05) is 17.9 Å². The molecule has 0 aliphatic heterocycles. The Bertz CT molecular complexity index is 869. The van der Waals surface area contributed by atoms with Crippen LogP contribution >= 0.6 is 11.8 Å². The highest BCUT2D eigenvalue weighted by Crippen LogP contribution is 2.27. The highest BCUT2D eigenvalue weighted by Gasteiger charge is 2.09. The fraction of sp³-hybridized carbons (Fsp3) is 0.300. The summed E-state index contributed by atoms with van der Waals surface area (Å²) in [6, 6.07) is 13.6. The largest absolute Gasteiger partial charge is 0.431 e. The molecule has 3 rings (SSSR count). The van der Waals surface area contributed by atoms with E-state index in [-0.39, 0.29) is 5.91 Å². The Balaban J connectivity index is 1.61. The van der Waals surface area contributed by atoms with E-state index < -0.39 is 0 Å². The van der Waals surface area contributed by atoms with E-state index in [4.69, 9.17) is 4.42 Å². The number of nitrogens with one attached hydrogen (secondary N) is 1. The molecule has 0 saturated carbocycles. The quantitative estimate of drug-likeness (QED) is 0.645. The molecule has 2 aromatic carbocycles. The summed E-state index contributed by atoms with van der Waals surface area (Å²) < 4.78 is 5.77. The molecule has 4 nitrogen and oxygen atoms in total. The van der Waals surface area contributed by atoms with E-state index in [0.717, 1.165) is 28.0 Å². The van der Waals surface area contributed by atoms with E-state index >= 15 is 0 Å². The van der Waals surface area contributed by atoms with Gasteiger partial charge < -0.3 is 9.73 Å². The van der Waals surface area contributed by atoms with Gasteiger partial charge in [0.25, 0.3) is 11.1 Å². The average molecular weight is 354 g/mol. The van der Waals surface area contributed by atoms with Crippen LogP contribution in [0.25, 0.3) is 11.1 Å². The molecule has 0 bridgehead atoms. The first kappa shape index (κ1) is 17.5. The van der Waals surface area contributed by atoms with Crippen molar-refractivity contribution in [1.82, 2.24) is 10.3 Å². The van der Waals surface area contributed by atoms with Crippen LogP contribution in [0.1, 0.15) is 35.3 Å². The maximum absolute atomic E-state index is 12.0. The van der Waals surface area contributed by atoms with Crippen molar-refractivity contribution in [3.05, 3.63) is 59.2 Å². The summed E-state index contributed by atoms with van der Waals surface area (Å²) in [4.78, 5) is 16.6. The highest BCUT2D eigenvalue weighted by molar-refractivity contribution is 7.98. The number of carbonyl (C=O) groups excluding carboxylic acids is 1. The summed E-state index contributed by atoms with van der Waals surface area (Å²) in [7, 11) is 0. The molecule has 1 aromatic heterocycles. The van der Waals surface area contributed by atoms with Crippen LogP contribution in [0.4, 0.5) is 0 Å². The Morgan fingerprint density at radius 3 is 2.64 bits per heavy atom. The summed E-state index contributed by atoms with van der Waals surface area (Å²) in [5, 5.41) is 3.60. The van der Waals surface area contributed by atoms with Gasteiger partial charge in [-0.3, -0.25) is 4.79 Å². The third kappa shape index (κ3) is 4.42. The van der Waals surface area contributed by atoms with Gasteiger partial charge in [-0.25, -0.2) is 4.98 Å². The van der Waals surface area contributed by atoms with Crippen LogP contribution < -0.4 is 5.32 Å². The van der Waals surface area contributed by atoms with E-state index in [0.29, 0.717) is 23.2 Å². The molecular weight excluding hydrogens is 332 g/mol. The molecule has 0 aliphatic carbocycles. The predicted molar refractivity (Wildman–Crippen MR) is 102 cm³/mol. The second kappa shape index (κ2) is 7.74. The highest BCUT2D eigenvalue weighted by atomic mass is 32.2. The van der Waals surface area contributed by atoms with Crippen LogP contribution in [0.2, 0.25) is 0 Å². The second-order valence-electron chi connectivity index (χ2n) is 6.49. The topological polar surface area (TPSA) is 55.1 Å². The zero-order valence-corrected chi connectivity index (χ0v) is 15.5. The summed E-state index contributed by atoms with van der Waals surface area (Å²) in [5.41, 5.74) is 4.67. The van der Waals surface area contributed by atoms with E-state index in [2.05, 4.69) is 24.1 Å². The molecule has 3 aromatic rings. The van der Waals surface area contributed by atoms with E-state index in [1.807, 2.05) is 49.4 Å². The zero-order chi connectivity index (χ0) is 17.8. The molecule has 0 unspecified atom stereocenters. The summed E-state index contributed by atoms with van der Waals surface area (Å²) in [6.45, 7) is 6.87. The van der Waals surface area contributed by atoms with Crippen molar-refractivity contribution < 1.29 is 9.21 Å². The number of para-hydroxylation sites is 1. The number of benzene rings is 2. The molecule has 0 atom stereocenters. The van der Waals surface area contributed by atoms with Crippen molar-refractivity contribution >= 4 is 28.8 Å². The van der Waals surface area contributed by atoms with Crippen molar-refractivity contribution in [2.45, 2.75) is 31.7 Å². The van der Waals surface area contributed by atoms with Gasteiger partial charge in [-0.05, 0) is 42.2 Å². The van der Waals surface area contributed by atoms with Crippen molar-refractivity contribution in [2.24, 2.45) is 5.92 Å². The Hall–Kier alpha value is -2.27. The van der Waals surface area contributed by atoms with Crippen LogP contribution in [-0.2, 0) is 5.75 Å². The van der Waals surface area contributed by atoms with Crippen molar-refractivity contribution in [1.29, 1.82) is 0 Å². The maximum Gasteiger partial charge on any atom is 0.257 e. The standard InChI is InChI=1S/C20H22N2O2S/c1-13(2)11-21-19(23)16-9-7-15(8-10-16)12-25-20-22-18-14(3)5-4-6-17(18)24-20/h4-10,13H,11-12H2,1-3H3,(H,21,23). The molecule has 130 valence electrons. The average Bonchev–Trinajstić information content (AvgIpc) is 3.03. The van der Waals surface area contributed by atoms with Crippen molar-refractivity contribution in [3.8, 4) is 0 Å². The van der Waals surface area contributed by atoms with Crippen LogP contribution in [0.3, 0.4) is 0 Å². The van der Waals surface area contributed by atoms with Gasteiger partial charge in [0.2, 0.25) is 0 Å².